The second kappa shape index (κ2) is 31.6. The number of hydrogen-bond acceptors (Lipinski definition) is 1. The smallest absolute Gasteiger partial charge is 0.0305 e. The summed E-state index contributed by atoms with van der Waals surface area (Å²) in [7, 11) is 0. The first kappa shape index (κ1) is 71.2. The molecule has 76 heavy (non-hydrogen) atoms. The predicted molar refractivity (Wildman–Crippen MR) is 345 cm³/mol. The zero-order valence-corrected chi connectivity index (χ0v) is 53.4. The van der Waals surface area contributed by atoms with E-state index < -0.39 is 0 Å². The highest BCUT2D eigenvalue weighted by molar-refractivity contribution is 5.30. The molecule has 7 rings (SSSR count). The van der Waals surface area contributed by atoms with E-state index in [2.05, 4.69) is 312 Å². The van der Waals surface area contributed by atoms with E-state index in [0.717, 1.165) is 5.92 Å². The Labute approximate surface area is 473 Å². The van der Waals surface area contributed by atoms with Crippen LogP contribution in [-0.2, 0) is 32.5 Å². The molecule has 0 radical (unpaired) electrons. The summed E-state index contributed by atoms with van der Waals surface area (Å²) >= 11 is 0. The third-order valence-corrected chi connectivity index (χ3v) is 13.9. The van der Waals surface area contributed by atoms with Crippen LogP contribution in [-0.4, -0.2) is 4.98 Å². The fraction of sp³-hybridized carbons (Fsp3) is 0.533. The van der Waals surface area contributed by atoms with Gasteiger partial charge in [-0.05, 0) is 131 Å². The van der Waals surface area contributed by atoms with E-state index >= 15 is 0 Å². The molecule has 0 aliphatic heterocycles. The van der Waals surface area contributed by atoms with E-state index in [1.54, 1.807) is 6.20 Å². The number of aromatic nitrogens is 1. The lowest BCUT2D eigenvalue weighted by atomic mass is 9.72. The maximum Gasteiger partial charge on any atom is 0.0305 e. The Morgan fingerprint density at radius 3 is 0.632 bits per heavy atom. The van der Waals surface area contributed by atoms with Crippen molar-refractivity contribution in [3.05, 3.63) is 207 Å². The second-order valence-corrected chi connectivity index (χ2v) is 28.8. The number of benzene rings is 5. The lowest BCUT2D eigenvalue weighted by molar-refractivity contribution is 0.180. The van der Waals surface area contributed by atoms with Gasteiger partial charge < -0.3 is 0 Å². The Morgan fingerprint density at radius 2 is 0.500 bits per heavy atom. The van der Waals surface area contributed by atoms with Crippen molar-refractivity contribution in [2.24, 2.45) is 11.3 Å². The van der Waals surface area contributed by atoms with Gasteiger partial charge in [0.2, 0.25) is 0 Å². The van der Waals surface area contributed by atoms with Crippen molar-refractivity contribution in [1.29, 1.82) is 0 Å². The molecule has 1 aliphatic carbocycles. The van der Waals surface area contributed by atoms with E-state index in [4.69, 9.17) is 0 Å². The first-order valence-electron chi connectivity index (χ1n) is 28.5. The summed E-state index contributed by atoms with van der Waals surface area (Å²) < 4.78 is 0. The first-order chi connectivity index (χ1) is 34.2. The summed E-state index contributed by atoms with van der Waals surface area (Å²) in [6.45, 7) is 57.8. The molecular weight excluding hydrogens is 915 g/mol. The van der Waals surface area contributed by atoms with Crippen LogP contribution in [0, 0.1) is 46.0 Å². The van der Waals surface area contributed by atoms with Crippen LogP contribution in [0.1, 0.15) is 246 Å². The molecule has 6 aromatic rings. The van der Waals surface area contributed by atoms with Crippen molar-refractivity contribution in [3.8, 4) is 0 Å². The molecule has 0 amide bonds. The monoisotopic (exact) mass is 1030 g/mol. The quantitative estimate of drug-likeness (QED) is 0.148. The van der Waals surface area contributed by atoms with Crippen molar-refractivity contribution in [1.82, 2.24) is 4.98 Å². The molecule has 0 saturated heterocycles. The highest BCUT2D eigenvalue weighted by Gasteiger charge is 2.25. The van der Waals surface area contributed by atoms with Crippen molar-refractivity contribution < 1.29 is 0 Å². The fourth-order valence-corrected chi connectivity index (χ4v) is 8.04. The molecule has 0 atom stereocenters. The maximum atomic E-state index is 4.05. The van der Waals surface area contributed by atoms with Crippen LogP contribution in [0.3, 0.4) is 0 Å². The summed E-state index contributed by atoms with van der Waals surface area (Å²) in [5.41, 5.74) is 17.2. The van der Waals surface area contributed by atoms with Crippen LogP contribution in [0.25, 0.3) is 0 Å². The largest absolute Gasteiger partial charge is 0.264 e. The molecule has 0 N–H and O–H groups in total. The normalized spacial score (nSPS) is 13.0. The van der Waals surface area contributed by atoms with Gasteiger partial charge in [0.25, 0.3) is 0 Å². The average molecular weight is 1030 g/mol. The van der Waals surface area contributed by atoms with E-state index in [1.807, 2.05) is 12.3 Å². The Bertz CT molecular complexity index is 2070. The van der Waals surface area contributed by atoms with Crippen LogP contribution in [0.4, 0.5) is 0 Å². The Balaban J connectivity index is 0.000000862. The standard InChI is InChI=1S/5C11H16.C10H20.C9H13N.CH4/c5*1-9-5-7-10(8-6-9)11(2,3)4;1-10(2,3)9-7-5-4-6-8-9;1-9(2,3)8-5-4-6-10-7-8;/h5*5-8H,1-4H3;9H,4-8H2,1-3H3;4-7H,1-3H3;1H4. The van der Waals surface area contributed by atoms with E-state index in [0.29, 0.717) is 5.41 Å². The summed E-state index contributed by atoms with van der Waals surface area (Å²) in [6, 6.07) is 47.8. The Kier molecular flexibility index (Phi) is 29.6. The minimum atomic E-state index is 0. The number of nitrogens with zero attached hydrogens (tertiary/aromatic N) is 1. The zero-order chi connectivity index (χ0) is 57.6. The molecule has 1 heterocycles. The highest BCUT2D eigenvalue weighted by Crippen LogP contribution is 2.37. The molecule has 0 unspecified atom stereocenters. The summed E-state index contributed by atoms with van der Waals surface area (Å²) in [6.07, 6.45) is 11.1. The Hall–Kier alpha value is -4.75. The predicted octanol–water partition coefficient (Wildman–Crippen LogP) is 23.1. The molecule has 1 nitrogen and oxygen atoms in total. The van der Waals surface area contributed by atoms with Gasteiger partial charge in [0.15, 0.2) is 0 Å². The molecule has 5 aromatic carbocycles. The fourth-order valence-electron chi connectivity index (χ4n) is 8.04. The van der Waals surface area contributed by atoms with Gasteiger partial charge in [-0.15, -0.1) is 0 Å². The average Bonchev–Trinajstić information content (AvgIpc) is 3.30. The molecular formula is C75H117N. The van der Waals surface area contributed by atoms with Gasteiger partial charge >= 0.3 is 0 Å². The SMILES string of the molecule is C.CC(C)(C)C1CCCCC1.CC(C)(C)c1cccnc1.Cc1ccc(C(C)(C)C)cc1.Cc1ccc(C(C)(C)C)cc1.Cc1ccc(C(C)(C)C)cc1.Cc1ccc(C(C)(C)C)cc1.Cc1ccc(C(C)(C)C)cc1. The second-order valence-electron chi connectivity index (χ2n) is 28.8. The van der Waals surface area contributed by atoms with Gasteiger partial charge in [0, 0.05) is 12.4 Å². The van der Waals surface area contributed by atoms with Crippen LogP contribution < -0.4 is 0 Å². The minimum absolute atomic E-state index is 0. The molecule has 1 heteroatoms. The van der Waals surface area contributed by atoms with Gasteiger partial charge in [-0.1, -0.05) is 327 Å². The molecule has 1 fully saturated rings. The van der Waals surface area contributed by atoms with Crippen molar-refractivity contribution in [2.45, 2.75) is 252 Å². The van der Waals surface area contributed by atoms with E-state index in [-0.39, 0.29) is 39.9 Å². The van der Waals surface area contributed by atoms with Gasteiger partial charge in [0.1, 0.15) is 0 Å². The molecule has 1 aliphatic rings. The molecule has 1 saturated carbocycles. The van der Waals surface area contributed by atoms with Gasteiger partial charge in [-0.25, -0.2) is 0 Å². The van der Waals surface area contributed by atoms with Crippen molar-refractivity contribution >= 4 is 0 Å². The topological polar surface area (TPSA) is 12.9 Å². The lowest BCUT2D eigenvalue weighted by Gasteiger charge is -2.33. The third-order valence-electron chi connectivity index (χ3n) is 13.9. The van der Waals surface area contributed by atoms with Crippen molar-refractivity contribution in [2.75, 3.05) is 0 Å². The minimum Gasteiger partial charge on any atom is -0.264 e. The van der Waals surface area contributed by atoms with Gasteiger partial charge in [-0.3, -0.25) is 4.98 Å². The van der Waals surface area contributed by atoms with E-state index in [1.165, 1.54) is 93.3 Å². The number of hydrogen-bond donors (Lipinski definition) is 0. The molecule has 422 valence electrons. The molecule has 0 spiro atoms. The van der Waals surface area contributed by atoms with E-state index in [9.17, 15) is 0 Å². The molecule has 1 aromatic heterocycles. The van der Waals surface area contributed by atoms with Crippen LogP contribution in [0.5, 0.6) is 0 Å². The lowest BCUT2D eigenvalue weighted by Crippen LogP contribution is -2.22. The maximum absolute atomic E-state index is 4.05. The van der Waals surface area contributed by atoms with Gasteiger partial charge in [-0.2, -0.15) is 0 Å². The summed E-state index contributed by atoms with van der Waals surface area (Å²) in [5.74, 6) is 1.00. The Morgan fingerprint density at radius 1 is 0.289 bits per heavy atom. The summed E-state index contributed by atoms with van der Waals surface area (Å²) in [4.78, 5) is 4.05. The number of aryl methyl sites for hydroxylation is 5. The van der Waals surface area contributed by atoms with Crippen LogP contribution >= 0.6 is 0 Å². The number of pyridine rings is 1. The highest BCUT2D eigenvalue weighted by atomic mass is 14.6. The van der Waals surface area contributed by atoms with Gasteiger partial charge in [0.05, 0.1) is 0 Å². The summed E-state index contributed by atoms with van der Waals surface area (Å²) in [5, 5.41) is 0. The number of rotatable bonds is 0. The van der Waals surface area contributed by atoms with Crippen LogP contribution in [0.15, 0.2) is 146 Å². The zero-order valence-electron chi connectivity index (χ0n) is 53.4. The first-order valence-corrected chi connectivity index (χ1v) is 28.5. The van der Waals surface area contributed by atoms with Crippen molar-refractivity contribution in [3.63, 3.8) is 0 Å². The third kappa shape index (κ3) is 30.3. The van der Waals surface area contributed by atoms with Crippen LogP contribution in [0.2, 0.25) is 0 Å². The molecule has 0 bridgehead atoms.